The summed E-state index contributed by atoms with van der Waals surface area (Å²) in [7, 11) is 3.11. The summed E-state index contributed by atoms with van der Waals surface area (Å²) in [4.78, 5) is 12.9. The highest BCUT2D eigenvalue weighted by Gasteiger charge is 2.23. The molecule has 1 heterocycles. The van der Waals surface area contributed by atoms with Crippen molar-refractivity contribution in [3.8, 4) is 0 Å². The zero-order valence-corrected chi connectivity index (χ0v) is 7.58. The van der Waals surface area contributed by atoms with Gasteiger partial charge in [-0.2, -0.15) is 0 Å². The average Bonchev–Trinajstić information content (AvgIpc) is 2.52. The number of esters is 1. The summed E-state index contributed by atoms with van der Waals surface area (Å²) in [5, 5.41) is 0. The van der Waals surface area contributed by atoms with Gasteiger partial charge in [-0.25, -0.2) is 0 Å². The number of methoxy groups -OCH3 is 2. The molecule has 0 aromatic rings. The van der Waals surface area contributed by atoms with Gasteiger partial charge in [0.2, 0.25) is 0 Å². The maximum absolute atomic E-state index is 10.9. The molecule has 0 radical (unpaired) electrons. The topological polar surface area (TPSA) is 38.8 Å². The van der Waals surface area contributed by atoms with Gasteiger partial charge in [0.25, 0.3) is 0 Å². The number of nitrogens with zero attached hydrogens (tertiary/aromatic N) is 1. The molecule has 4 heteroatoms. The van der Waals surface area contributed by atoms with Crippen LogP contribution in [0, 0.1) is 0 Å². The molecule has 1 rings (SSSR count). The van der Waals surface area contributed by atoms with Crippen LogP contribution in [0.5, 0.6) is 0 Å². The highest BCUT2D eigenvalue weighted by molar-refractivity contribution is 5.71. The van der Waals surface area contributed by atoms with Gasteiger partial charge in [-0.05, 0) is 6.42 Å². The maximum atomic E-state index is 10.9. The van der Waals surface area contributed by atoms with Crippen molar-refractivity contribution >= 4 is 5.97 Å². The van der Waals surface area contributed by atoms with Gasteiger partial charge in [-0.15, -0.1) is 0 Å². The second kappa shape index (κ2) is 4.42. The van der Waals surface area contributed by atoms with Gasteiger partial charge in [-0.3, -0.25) is 9.69 Å². The fraction of sp³-hybridized carbons (Fsp3) is 0.875. The molecule has 1 saturated heterocycles. The minimum absolute atomic E-state index is 0.174. The zero-order valence-electron chi connectivity index (χ0n) is 7.58. The molecule has 4 nitrogen and oxygen atoms in total. The summed E-state index contributed by atoms with van der Waals surface area (Å²) < 4.78 is 9.72. The quantitative estimate of drug-likeness (QED) is 0.558. The van der Waals surface area contributed by atoms with Crippen molar-refractivity contribution in [3.05, 3.63) is 0 Å². The zero-order chi connectivity index (χ0) is 8.97. The third-order valence-corrected chi connectivity index (χ3v) is 2.14. The van der Waals surface area contributed by atoms with Crippen LogP contribution in [0.3, 0.4) is 0 Å². The molecule has 1 atom stereocenters. The highest BCUT2D eigenvalue weighted by Crippen LogP contribution is 2.10. The third kappa shape index (κ3) is 2.46. The minimum Gasteiger partial charge on any atom is -0.468 e. The second-order valence-corrected chi connectivity index (χ2v) is 2.96. The van der Waals surface area contributed by atoms with Crippen molar-refractivity contribution in [1.29, 1.82) is 0 Å². The van der Waals surface area contributed by atoms with Gasteiger partial charge in [0.15, 0.2) is 0 Å². The molecule has 0 spiro atoms. The molecule has 0 aliphatic carbocycles. The number of carbonyl (C=O) groups is 1. The molecular formula is C8H15NO3. The Kier molecular flexibility index (Phi) is 3.49. The Morgan fingerprint density at radius 2 is 2.33 bits per heavy atom. The van der Waals surface area contributed by atoms with Crippen LogP contribution in [-0.4, -0.2) is 50.8 Å². The van der Waals surface area contributed by atoms with Crippen molar-refractivity contribution in [2.45, 2.75) is 12.5 Å². The molecule has 0 aromatic heterocycles. The Morgan fingerprint density at radius 3 is 2.83 bits per heavy atom. The molecule has 0 aromatic carbocycles. The largest absolute Gasteiger partial charge is 0.468 e. The fourth-order valence-corrected chi connectivity index (χ4v) is 1.38. The van der Waals surface area contributed by atoms with Gasteiger partial charge in [0.1, 0.15) is 0 Å². The number of hydrogen-bond acceptors (Lipinski definition) is 4. The first kappa shape index (κ1) is 9.48. The van der Waals surface area contributed by atoms with Gasteiger partial charge in [0, 0.05) is 20.2 Å². The number of ether oxygens (including phenoxy) is 2. The number of likely N-dealkylation sites (tertiary alicyclic amines) is 1. The predicted octanol–water partition coefficient (Wildman–Crippen LogP) is -0.120. The Morgan fingerprint density at radius 1 is 1.58 bits per heavy atom. The van der Waals surface area contributed by atoms with Crippen LogP contribution in [0.2, 0.25) is 0 Å². The summed E-state index contributed by atoms with van der Waals surface area (Å²) in [6.45, 7) is 2.15. The normalized spacial score (nSPS) is 24.3. The first-order chi connectivity index (χ1) is 5.76. The van der Waals surface area contributed by atoms with E-state index in [1.165, 1.54) is 7.11 Å². The maximum Gasteiger partial charge on any atom is 0.319 e. The van der Waals surface area contributed by atoms with E-state index >= 15 is 0 Å². The molecule has 0 N–H and O–H groups in total. The lowest BCUT2D eigenvalue weighted by molar-refractivity contribution is -0.141. The van der Waals surface area contributed by atoms with Crippen molar-refractivity contribution < 1.29 is 14.3 Å². The van der Waals surface area contributed by atoms with Crippen LogP contribution in [0.4, 0.5) is 0 Å². The average molecular weight is 173 g/mol. The Balaban J connectivity index is 2.23. The molecule has 1 aliphatic heterocycles. The van der Waals surface area contributed by atoms with E-state index in [9.17, 15) is 4.79 Å². The molecule has 1 aliphatic rings. The molecule has 70 valence electrons. The SMILES string of the molecule is COC(=O)CN1CC[C@H](OC)C1. The number of carbonyl (C=O) groups excluding carboxylic acids is 1. The van der Waals surface area contributed by atoms with Crippen molar-refractivity contribution in [2.24, 2.45) is 0 Å². The summed E-state index contributed by atoms with van der Waals surface area (Å²) >= 11 is 0. The highest BCUT2D eigenvalue weighted by atomic mass is 16.5. The van der Waals surface area contributed by atoms with Gasteiger partial charge in [-0.1, -0.05) is 0 Å². The Hall–Kier alpha value is -0.610. The Bertz CT molecular complexity index is 160. The van der Waals surface area contributed by atoms with E-state index in [-0.39, 0.29) is 12.1 Å². The van der Waals surface area contributed by atoms with Gasteiger partial charge in [0.05, 0.1) is 19.8 Å². The standard InChI is InChI=1S/C8H15NO3/c1-11-7-3-4-9(5-7)6-8(10)12-2/h7H,3-6H2,1-2H3/t7-/m0/s1. The van der Waals surface area contributed by atoms with E-state index in [1.807, 2.05) is 4.90 Å². The smallest absolute Gasteiger partial charge is 0.319 e. The molecule has 1 fully saturated rings. The lowest BCUT2D eigenvalue weighted by Gasteiger charge is -2.13. The summed E-state index contributed by atoms with van der Waals surface area (Å²) in [6, 6.07) is 0. The van der Waals surface area contributed by atoms with Crippen LogP contribution < -0.4 is 0 Å². The van der Waals surface area contributed by atoms with E-state index in [0.717, 1.165) is 19.5 Å². The predicted molar refractivity (Wildman–Crippen MR) is 43.9 cm³/mol. The second-order valence-electron chi connectivity index (χ2n) is 2.96. The first-order valence-corrected chi connectivity index (χ1v) is 4.08. The molecular weight excluding hydrogens is 158 g/mol. The van der Waals surface area contributed by atoms with Crippen LogP contribution in [-0.2, 0) is 14.3 Å². The molecule has 0 bridgehead atoms. The first-order valence-electron chi connectivity index (χ1n) is 4.08. The third-order valence-electron chi connectivity index (χ3n) is 2.14. The van der Waals surface area contributed by atoms with E-state index < -0.39 is 0 Å². The molecule has 0 saturated carbocycles. The Labute approximate surface area is 72.4 Å². The van der Waals surface area contributed by atoms with Crippen LogP contribution in [0.25, 0.3) is 0 Å². The van der Waals surface area contributed by atoms with E-state index in [0.29, 0.717) is 6.54 Å². The van der Waals surface area contributed by atoms with E-state index in [4.69, 9.17) is 4.74 Å². The van der Waals surface area contributed by atoms with E-state index in [1.54, 1.807) is 7.11 Å². The molecule has 12 heavy (non-hydrogen) atoms. The summed E-state index contributed by atoms with van der Waals surface area (Å²) in [5.41, 5.74) is 0. The molecule has 0 amide bonds. The minimum atomic E-state index is -0.174. The lowest BCUT2D eigenvalue weighted by atomic mass is 10.3. The van der Waals surface area contributed by atoms with Crippen molar-refractivity contribution in [3.63, 3.8) is 0 Å². The monoisotopic (exact) mass is 173 g/mol. The lowest BCUT2D eigenvalue weighted by Crippen LogP contribution is -2.29. The van der Waals surface area contributed by atoms with Crippen molar-refractivity contribution in [2.75, 3.05) is 33.9 Å². The van der Waals surface area contributed by atoms with Gasteiger partial charge < -0.3 is 9.47 Å². The van der Waals surface area contributed by atoms with Crippen LogP contribution in [0.1, 0.15) is 6.42 Å². The number of rotatable bonds is 3. The van der Waals surface area contributed by atoms with Crippen LogP contribution in [0.15, 0.2) is 0 Å². The van der Waals surface area contributed by atoms with Crippen LogP contribution >= 0.6 is 0 Å². The van der Waals surface area contributed by atoms with Gasteiger partial charge >= 0.3 is 5.97 Å². The van der Waals surface area contributed by atoms with Crippen molar-refractivity contribution in [1.82, 2.24) is 4.90 Å². The van der Waals surface area contributed by atoms with E-state index in [2.05, 4.69) is 4.74 Å². The molecule has 0 unspecified atom stereocenters. The number of hydrogen-bond donors (Lipinski definition) is 0. The fourth-order valence-electron chi connectivity index (χ4n) is 1.38. The summed E-state index contributed by atoms with van der Waals surface area (Å²) in [6.07, 6.45) is 1.29. The summed E-state index contributed by atoms with van der Waals surface area (Å²) in [5.74, 6) is -0.174.